The van der Waals surface area contributed by atoms with Crippen LogP contribution in [0.1, 0.15) is 34.6 Å². The van der Waals surface area contributed by atoms with Crippen molar-refractivity contribution in [2.24, 2.45) is 16.6 Å². The molecule has 0 heterocycles. The van der Waals surface area contributed by atoms with E-state index in [-0.39, 0.29) is 17.9 Å². The average molecular weight is 230 g/mol. The molecule has 0 saturated carbocycles. The largest absolute Gasteiger partial charge is 0.481 e. The van der Waals surface area contributed by atoms with Crippen molar-refractivity contribution in [3.05, 3.63) is 0 Å². The number of carboxylic acids is 1. The van der Waals surface area contributed by atoms with Gasteiger partial charge in [-0.25, -0.2) is 0 Å². The van der Waals surface area contributed by atoms with Gasteiger partial charge in [0.1, 0.15) is 0 Å². The van der Waals surface area contributed by atoms with Gasteiger partial charge in [-0.15, -0.1) is 0 Å². The highest BCUT2D eigenvalue weighted by Crippen LogP contribution is 2.18. The van der Waals surface area contributed by atoms with Crippen molar-refractivity contribution < 1.29 is 14.7 Å². The minimum absolute atomic E-state index is 0.0744. The first-order valence-corrected chi connectivity index (χ1v) is 5.25. The lowest BCUT2D eigenvalue weighted by Gasteiger charge is -2.27. The minimum Gasteiger partial charge on any atom is -0.481 e. The molecule has 4 N–H and O–H groups in total. The van der Waals surface area contributed by atoms with Gasteiger partial charge in [0, 0.05) is 6.54 Å². The SMILES string of the molecule is CC(C)(CNC(=O)[C@H](N)C(C)(C)C)C(=O)O. The van der Waals surface area contributed by atoms with E-state index < -0.39 is 17.4 Å². The van der Waals surface area contributed by atoms with Gasteiger partial charge in [0.05, 0.1) is 11.5 Å². The summed E-state index contributed by atoms with van der Waals surface area (Å²) in [5.74, 6) is -1.26. The van der Waals surface area contributed by atoms with Crippen LogP contribution in [-0.2, 0) is 9.59 Å². The van der Waals surface area contributed by atoms with Crippen LogP contribution in [0.2, 0.25) is 0 Å². The van der Waals surface area contributed by atoms with Gasteiger partial charge in [-0.3, -0.25) is 9.59 Å². The summed E-state index contributed by atoms with van der Waals surface area (Å²) < 4.78 is 0. The molecule has 0 unspecified atom stereocenters. The van der Waals surface area contributed by atoms with Gasteiger partial charge in [0.15, 0.2) is 0 Å². The van der Waals surface area contributed by atoms with Gasteiger partial charge in [-0.1, -0.05) is 20.8 Å². The molecule has 0 saturated heterocycles. The third-order valence-electron chi connectivity index (χ3n) is 2.50. The van der Waals surface area contributed by atoms with Crippen LogP contribution in [-0.4, -0.2) is 29.6 Å². The van der Waals surface area contributed by atoms with Crippen molar-refractivity contribution in [2.45, 2.75) is 40.7 Å². The van der Waals surface area contributed by atoms with Gasteiger partial charge in [0.2, 0.25) is 5.91 Å². The van der Waals surface area contributed by atoms with Crippen molar-refractivity contribution in [1.82, 2.24) is 5.32 Å². The number of hydrogen-bond acceptors (Lipinski definition) is 3. The van der Waals surface area contributed by atoms with E-state index in [1.807, 2.05) is 20.8 Å². The van der Waals surface area contributed by atoms with Crippen molar-refractivity contribution >= 4 is 11.9 Å². The monoisotopic (exact) mass is 230 g/mol. The summed E-state index contributed by atoms with van der Waals surface area (Å²) in [7, 11) is 0. The molecule has 0 aromatic carbocycles. The van der Waals surface area contributed by atoms with Crippen LogP contribution < -0.4 is 11.1 Å². The Morgan fingerprint density at radius 2 is 1.69 bits per heavy atom. The van der Waals surface area contributed by atoms with Crippen LogP contribution in [0.25, 0.3) is 0 Å². The molecule has 0 aliphatic rings. The fraction of sp³-hybridized carbons (Fsp3) is 0.818. The molecular weight excluding hydrogens is 208 g/mol. The molecule has 0 rings (SSSR count). The molecule has 1 atom stereocenters. The Hall–Kier alpha value is -1.10. The van der Waals surface area contributed by atoms with E-state index in [9.17, 15) is 9.59 Å². The highest BCUT2D eigenvalue weighted by molar-refractivity contribution is 5.83. The van der Waals surface area contributed by atoms with E-state index in [4.69, 9.17) is 10.8 Å². The molecule has 0 spiro atoms. The maximum Gasteiger partial charge on any atom is 0.310 e. The molecule has 0 aliphatic carbocycles. The quantitative estimate of drug-likeness (QED) is 0.659. The van der Waals surface area contributed by atoms with Crippen LogP contribution in [0, 0.1) is 10.8 Å². The highest BCUT2D eigenvalue weighted by Gasteiger charge is 2.31. The number of rotatable bonds is 4. The number of carbonyl (C=O) groups is 2. The first-order valence-electron chi connectivity index (χ1n) is 5.25. The Bertz CT molecular complexity index is 279. The van der Waals surface area contributed by atoms with E-state index in [2.05, 4.69) is 5.32 Å². The number of carboxylic acid groups (broad SMARTS) is 1. The standard InChI is InChI=1S/C11H22N2O3/c1-10(2,3)7(12)8(14)13-6-11(4,5)9(15)16/h7H,6,12H2,1-5H3,(H,13,14)(H,15,16)/t7-/m0/s1. The summed E-state index contributed by atoms with van der Waals surface area (Å²) in [4.78, 5) is 22.4. The maximum atomic E-state index is 11.6. The van der Waals surface area contributed by atoms with E-state index >= 15 is 0 Å². The van der Waals surface area contributed by atoms with Gasteiger partial charge < -0.3 is 16.2 Å². The third-order valence-corrected chi connectivity index (χ3v) is 2.50. The molecule has 0 aliphatic heterocycles. The Morgan fingerprint density at radius 1 is 1.25 bits per heavy atom. The summed E-state index contributed by atoms with van der Waals surface area (Å²) in [6.07, 6.45) is 0. The summed E-state index contributed by atoms with van der Waals surface area (Å²) >= 11 is 0. The number of aliphatic carboxylic acids is 1. The van der Waals surface area contributed by atoms with Gasteiger partial charge in [0.25, 0.3) is 0 Å². The first kappa shape index (κ1) is 14.9. The molecule has 0 radical (unpaired) electrons. The Balaban J connectivity index is 4.34. The van der Waals surface area contributed by atoms with Gasteiger partial charge >= 0.3 is 5.97 Å². The smallest absolute Gasteiger partial charge is 0.310 e. The molecule has 0 fully saturated rings. The number of nitrogens with one attached hydrogen (secondary N) is 1. The number of carbonyl (C=O) groups excluding carboxylic acids is 1. The number of nitrogens with two attached hydrogens (primary N) is 1. The second-order valence-electron chi connectivity index (χ2n) is 5.75. The first-order chi connectivity index (χ1) is 6.98. The van der Waals surface area contributed by atoms with Crippen LogP contribution in [0.3, 0.4) is 0 Å². The van der Waals surface area contributed by atoms with E-state index in [1.54, 1.807) is 13.8 Å². The van der Waals surface area contributed by atoms with Crippen molar-refractivity contribution in [3.8, 4) is 0 Å². The number of hydrogen-bond donors (Lipinski definition) is 3. The third kappa shape index (κ3) is 4.18. The fourth-order valence-corrected chi connectivity index (χ4v) is 0.887. The van der Waals surface area contributed by atoms with Crippen LogP contribution >= 0.6 is 0 Å². The Labute approximate surface area is 96.4 Å². The molecular formula is C11H22N2O3. The number of amides is 1. The predicted molar refractivity (Wildman–Crippen MR) is 61.9 cm³/mol. The van der Waals surface area contributed by atoms with Crippen molar-refractivity contribution in [1.29, 1.82) is 0 Å². The molecule has 16 heavy (non-hydrogen) atoms. The summed E-state index contributed by atoms with van der Waals surface area (Å²) in [5, 5.41) is 11.4. The van der Waals surface area contributed by atoms with Crippen LogP contribution in [0.5, 0.6) is 0 Å². The molecule has 5 nitrogen and oxygen atoms in total. The van der Waals surface area contributed by atoms with Crippen LogP contribution in [0.15, 0.2) is 0 Å². The van der Waals surface area contributed by atoms with E-state index in [0.717, 1.165) is 0 Å². The lowest BCUT2D eigenvalue weighted by Crippen LogP contribution is -2.51. The molecule has 0 bridgehead atoms. The Kier molecular flexibility index (Phi) is 4.49. The normalized spacial score (nSPS) is 14.4. The summed E-state index contributed by atoms with van der Waals surface area (Å²) in [5.41, 5.74) is 4.43. The maximum absolute atomic E-state index is 11.6. The zero-order chi connectivity index (χ0) is 13.1. The van der Waals surface area contributed by atoms with E-state index in [0.29, 0.717) is 0 Å². The second kappa shape index (κ2) is 4.82. The fourth-order valence-electron chi connectivity index (χ4n) is 0.887. The van der Waals surface area contributed by atoms with Gasteiger partial charge in [-0.2, -0.15) is 0 Å². The topological polar surface area (TPSA) is 92.4 Å². The van der Waals surface area contributed by atoms with Gasteiger partial charge in [-0.05, 0) is 19.3 Å². The summed E-state index contributed by atoms with van der Waals surface area (Å²) in [6.45, 7) is 8.76. The molecule has 0 aromatic heterocycles. The molecule has 0 aromatic rings. The lowest BCUT2D eigenvalue weighted by atomic mass is 9.86. The van der Waals surface area contributed by atoms with Crippen molar-refractivity contribution in [2.75, 3.05) is 6.54 Å². The van der Waals surface area contributed by atoms with Crippen molar-refractivity contribution in [3.63, 3.8) is 0 Å². The summed E-state index contributed by atoms with van der Waals surface area (Å²) in [6, 6.07) is -0.642. The molecule has 5 heteroatoms. The predicted octanol–water partition coefficient (Wildman–Crippen LogP) is 0.587. The zero-order valence-electron chi connectivity index (χ0n) is 10.6. The second-order valence-corrected chi connectivity index (χ2v) is 5.75. The zero-order valence-corrected chi connectivity index (χ0v) is 10.6. The Morgan fingerprint density at radius 3 is 2.00 bits per heavy atom. The molecule has 94 valence electrons. The van der Waals surface area contributed by atoms with E-state index in [1.165, 1.54) is 0 Å². The van der Waals surface area contributed by atoms with Crippen LogP contribution in [0.4, 0.5) is 0 Å². The minimum atomic E-state index is -0.979. The highest BCUT2D eigenvalue weighted by atomic mass is 16.4. The lowest BCUT2D eigenvalue weighted by molar-refractivity contribution is -0.146. The molecule has 1 amide bonds. The average Bonchev–Trinajstić information content (AvgIpc) is 2.11.